The van der Waals surface area contributed by atoms with Crippen LogP contribution in [0.15, 0.2) is 42.3 Å². The molecule has 1 aromatic carbocycles. The second-order valence-corrected chi connectivity index (χ2v) is 9.91. The number of fused-ring (bicyclic) bond motifs is 2. The Balaban J connectivity index is 0.00000304. The zero-order valence-electron chi connectivity index (χ0n) is 19.2. The van der Waals surface area contributed by atoms with Gasteiger partial charge in [0.1, 0.15) is 28.9 Å². The van der Waals surface area contributed by atoms with Crippen molar-refractivity contribution in [1.29, 1.82) is 0 Å². The first-order chi connectivity index (χ1) is 17.0. The van der Waals surface area contributed by atoms with Crippen LogP contribution in [-0.4, -0.2) is 52.7 Å². The smallest absolute Gasteiger partial charge is 0.246 e. The molecule has 0 radical (unpaired) electrons. The van der Waals surface area contributed by atoms with Gasteiger partial charge in [0, 0.05) is 67.9 Å². The maximum atomic E-state index is 14.2. The summed E-state index contributed by atoms with van der Waals surface area (Å²) in [5.41, 5.74) is 2.76. The van der Waals surface area contributed by atoms with Gasteiger partial charge in [-0.1, -0.05) is 6.58 Å². The van der Waals surface area contributed by atoms with Crippen LogP contribution in [0, 0.1) is 5.82 Å². The van der Waals surface area contributed by atoms with Crippen molar-refractivity contribution in [2.45, 2.75) is 13.0 Å². The third-order valence-corrected chi connectivity index (χ3v) is 7.79. The SMILES string of the molecule is C=CC(=O)N1CCc2nc(-c3nc(O)c4ccsc4c3-c3ccc(F)cc3OCCOC)sc2C1.[Pt]. The van der Waals surface area contributed by atoms with Crippen LogP contribution in [0.5, 0.6) is 11.6 Å². The predicted molar refractivity (Wildman–Crippen MR) is 134 cm³/mol. The van der Waals surface area contributed by atoms with Crippen LogP contribution < -0.4 is 4.74 Å². The third kappa shape index (κ3) is 4.95. The van der Waals surface area contributed by atoms with Crippen molar-refractivity contribution in [2.24, 2.45) is 0 Å². The van der Waals surface area contributed by atoms with Gasteiger partial charge in [0.25, 0.3) is 0 Å². The quantitative estimate of drug-likeness (QED) is 0.215. The van der Waals surface area contributed by atoms with Crippen LogP contribution in [-0.2, 0) is 43.6 Å². The molecule has 0 bridgehead atoms. The summed E-state index contributed by atoms with van der Waals surface area (Å²) in [6.07, 6.45) is 1.94. The van der Waals surface area contributed by atoms with Gasteiger partial charge < -0.3 is 19.5 Å². The fourth-order valence-corrected chi connectivity index (χ4v) is 6.15. The molecule has 36 heavy (non-hydrogen) atoms. The fourth-order valence-electron chi connectivity index (χ4n) is 4.08. The van der Waals surface area contributed by atoms with E-state index in [4.69, 9.17) is 14.5 Å². The number of hydrogen-bond acceptors (Lipinski definition) is 8. The minimum Gasteiger partial charge on any atom is -0.493 e. The second kappa shape index (κ2) is 11.2. The predicted octanol–water partition coefficient (Wildman–Crippen LogP) is 5.02. The maximum absolute atomic E-state index is 14.2. The van der Waals surface area contributed by atoms with E-state index in [2.05, 4.69) is 11.6 Å². The number of benzene rings is 1. The molecule has 0 unspecified atom stereocenters. The first kappa shape index (κ1) is 26.4. The molecule has 190 valence electrons. The molecule has 0 fully saturated rings. The van der Waals surface area contributed by atoms with E-state index >= 15 is 0 Å². The molecule has 0 saturated carbocycles. The van der Waals surface area contributed by atoms with E-state index in [9.17, 15) is 14.3 Å². The molecule has 1 amide bonds. The molecule has 1 N–H and O–H groups in total. The van der Waals surface area contributed by atoms with Crippen LogP contribution in [0.4, 0.5) is 4.39 Å². The number of thiazole rings is 1. The Morgan fingerprint density at radius 3 is 2.92 bits per heavy atom. The molecule has 1 aliphatic rings. The van der Waals surface area contributed by atoms with Crippen LogP contribution in [0.1, 0.15) is 10.6 Å². The summed E-state index contributed by atoms with van der Waals surface area (Å²) in [4.78, 5) is 24.2. The summed E-state index contributed by atoms with van der Waals surface area (Å²) in [6, 6.07) is 6.18. The number of amides is 1. The Bertz CT molecular complexity index is 1440. The molecule has 11 heteroatoms. The molecule has 0 spiro atoms. The van der Waals surface area contributed by atoms with Gasteiger partial charge in [-0.3, -0.25) is 4.79 Å². The molecule has 0 atom stereocenters. The van der Waals surface area contributed by atoms with Crippen LogP contribution >= 0.6 is 22.7 Å². The number of methoxy groups -OCH3 is 1. The van der Waals surface area contributed by atoms with Crippen molar-refractivity contribution in [1.82, 2.24) is 14.9 Å². The van der Waals surface area contributed by atoms with Gasteiger partial charge in [-0.25, -0.2) is 14.4 Å². The minimum absolute atomic E-state index is 0. The van der Waals surface area contributed by atoms with E-state index in [0.29, 0.717) is 59.1 Å². The van der Waals surface area contributed by atoms with E-state index in [1.54, 1.807) is 24.1 Å². The number of carbonyl (C=O) groups is 1. The maximum Gasteiger partial charge on any atom is 0.246 e. The number of ether oxygens (including phenoxy) is 2. The summed E-state index contributed by atoms with van der Waals surface area (Å²) < 4.78 is 25.9. The van der Waals surface area contributed by atoms with E-state index in [0.717, 1.165) is 15.3 Å². The Hall–Kier alpha value is -2.65. The van der Waals surface area contributed by atoms with Gasteiger partial charge in [-0.2, -0.15) is 0 Å². The summed E-state index contributed by atoms with van der Waals surface area (Å²) in [6.45, 7) is 5.19. The number of carbonyl (C=O) groups excluding carboxylic acids is 1. The summed E-state index contributed by atoms with van der Waals surface area (Å²) >= 11 is 2.89. The minimum atomic E-state index is -0.423. The van der Waals surface area contributed by atoms with E-state index < -0.39 is 5.82 Å². The average Bonchev–Trinajstić information content (AvgIpc) is 3.51. The van der Waals surface area contributed by atoms with Crippen molar-refractivity contribution >= 4 is 38.7 Å². The number of rotatable bonds is 7. The Labute approximate surface area is 229 Å². The molecule has 0 saturated heterocycles. The van der Waals surface area contributed by atoms with Gasteiger partial charge in [0.15, 0.2) is 0 Å². The third-order valence-electron chi connectivity index (χ3n) is 5.77. The number of pyridine rings is 1. The molecule has 0 aliphatic carbocycles. The molecular formula is C25H22FN3O4PtS2. The van der Waals surface area contributed by atoms with Crippen LogP contribution in [0.3, 0.4) is 0 Å². The molecule has 5 rings (SSSR count). The van der Waals surface area contributed by atoms with Gasteiger partial charge in [0.05, 0.1) is 24.2 Å². The zero-order chi connectivity index (χ0) is 24.5. The Morgan fingerprint density at radius 1 is 1.31 bits per heavy atom. The number of aromatic nitrogens is 2. The first-order valence-corrected chi connectivity index (χ1v) is 12.6. The Kier molecular flexibility index (Phi) is 8.19. The van der Waals surface area contributed by atoms with Crippen LogP contribution in [0.2, 0.25) is 0 Å². The monoisotopic (exact) mass is 706 g/mol. The number of hydrogen-bond donors (Lipinski definition) is 1. The average molecular weight is 707 g/mol. The van der Waals surface area contributed by atoms with Gasteiger partial charge in [0.2, 0.25) is 11.8 Å². The zero-order valence-corrected chi connectivity index (χ0v) is 23.1. The number of thiophene rings is 1. The van der Waals surface area contributed by atoms with E-state index in [1.165, 1.54) is 40.9 Å². The first-order valence-electron chi connectivity index (χ1n) is 10.9. The summed E-state index contributed by atoms with van der Waals surface area (Å²) in [5, 5.41) is 13.8. The van der Waals surface area contributed by atoms with Crippen molar-refractivity contribution < 1.29 is 44.8 Å². The summed E-state index contributed by atoms with van der Waals surface area (Å²) in [7, 11) is 1.57. The topological polar surface area (TPSA) is 84.8 Å². The largest absolute Gasteiger partial charge is 0.493 e. The Morgan fingerprint density at radius 2 is 2.14 bits per heavy atom. The van der Waals surface area contributed by atoms with Gasteiger partial charge >= 0.3 is 0 Å². The number of nitrogens with zero attached hydrogens (tertiary/aromatic N) is 3. The van der Waals surface area contributed by atoms with Crippen molar-refractivity contribution in [3.8, 4) is 33.5 Å². The van der Waals surface area contributed by atoms with Gasteiger partial charge in [-0.05, 0) is 29.7 Å². The normalized spacial score (nSPS) is 12.8. The molecule has 4 heterocycles. The number of halogens is 1. The molecular weight excluding hydrogens is 685 g/mol. The van der Waals surface area contributed by atoms with Crippen molar-refractivity contribution in [2.75, 3.05) is 26.9 Å². The summed E-state index contributed by atoms with van der Waals surface area (Å²) in [5.74, 6) is -0.282. The van der Waals surface area contributed by atoms with Gasteiger partial charge in [-0.15, -0.1) is 22.7 Å². The van der Waals surface area contributed by atoms with Crippen molar-refractivity contribution in [3.05, 3.63) is 58.7 Å². The van der Waals surface area contributed by atoms with E-state index in [1.807, 2.05) is 5.38 Å². The molecule has 1 aliphatic heterocycles. The van der Waals surface area contributed by atoms with Crippen LogP contribution in [0.25, 0.3) is 31.9 Å². The van der Waals surface area contributed by atoms with E-state index in [-0.39, 0.29) is 39.5 Å². The molecule has 7 nitrogen and oxygen atoms in total. The second-order valence-electron chi connectivity index (χ2n) is 7.91. The molecule has 4 aromatic rings. The fraction of sp³-hybridized carbons (Fsp3) is 0.240. The molecule has 3 aromatic heterocycles. The number of aromatic hydroxyl groups is 1. The standard InChI is InChI=1S/C25H22FN3O4S2.Pt/c1-3-20(30)29-8-6-17-19(13-29)35-25(27-17)22-21(23-16(7-11-34-23)24(31)28-22)15-5-4-14(26)12-18(15)33-10-9-32-2;/h3-5,7,11-12H,1,6,8-10,13H2,2H3,(H,28,31);. The van der Waals surface area contributed by atoms with Crippen molar-refractivity contribution in [3.63, 3.8) is 0 Å².